The van der Waals surface area contributed by atoms with E-state index in [1.807, 2.05) is 13.8 Å². The Labute approximate surface area is 128 Å². The van der Waals surface area contributed by atoms with E-state index in [1.54, 1.807) is 0 Å². The molecule has 1 aliphatic rings. The predicted molar refractivity (Wildman–Crippen MR) is 85.8 cm³/mol. The van der Waals surface area contributed by atoms with E-state index in [0.29, 0.717) is 12.3 Å². The van der Waals surface area contributed by atoms with Gasteiger partial charge in [0, 0.05) is 18.7 Å². The van der Waals surface area contributed by atoms with E-state index in [0.717, 1.165) is 25.8 Å². The normalized spacial score (nSPS) is 17.7. The molecule has 0 aliphatic carbocycles. The molecule has 4 heteroatoms. The molecule has 0 aromatic heterocycles. The summed E-state index contributed by atoms with van der Waals surface area (Å²) in [4.78, 5) is 23.5. The lowest BCUT2D eigenvalue weighted by atomic mass is 9.97. The summed E-state index contributed by atoms with van der Waals surface area (Å²) in [6, 6.07) is -0.351. The number of hydrogen-bond acceptors (Lipinski definition) is 3. The van der Waals surface area contributed by atoms with Crippen LogP contribution in [0.5, 0.6) is 0 Å². The van der Waals surface area contributed by atoms with Crippen molar-refractivity contribution >= 4 is 11.7 Å². The fourth-order valence-electron chi connectivity index (χ4n) is 2.69. The van der Waals surface area contributed by atoms with E-state index in [2.05, 4.69) is 23.6 Å². The van der Waals surface area contributed by atoms with Crippen molar-refractivity contribution in [3.05, 3.63) is 11.8 Å². The van der Waals surface area contributed by atoms with Crippen molar-refractivity contribution in [2.24, 2.45) is 11.8 Å². The van der Waals surface area contributed by atoms with Gasteiger partial charge in [0.1, 0.15) is 0 Å². The van der Waals surface area contributed by atoms with Crippen LogP contribution in [0.15, 0.2) is 11.8 Å². The maximum absolute atomic E-state index is 12.0. The molecule has 1 aliphatic heterocycles. The Balaban J connectivity index is 2.31. The zero-order valence-corrected chi connectivity index (χ0v) is 13.9. The first-order chi connectivity index (χ1) is 9.90. The number of hydrogen-bond donors (Lipinski definition) is 2. The van der Waals surface area contributed by atoms with Crippen LogP contribution in [0.4, 0.5) is 0 Å². The average Bonchev–Trinajstić information content (AvgIpc) is 2.43. The van der Waals surface area contributed by atoms with Gasteiger partial charge in [-0.3, -0.25) is 9.59 Å². The van der Waals surface area contributed by atoms with Gasteiger partial charge in [0.15, 0.2) is 5.78 Å². The zero-order valence-electron chi connectivity index (χ0n) is 13.9. The lowest BCUT2D eigenvalue weighted by Crippen LogP contribution is -2.43. The monoisotopic (exact) mass is 294 g/mol. The fraction of sp³-hybridized carbons (Fsp3) is 0.765. The van der Waals surface area contributed by atoms with E-state index in [1.165, 1.54) is 19.0 Å². The summed E-state index contributed by atoms with van der Waals surface area (Å²) >= 11 is 0. The van der Waals surface area contributed by atoms with Crippen LogP contribution in [0.25, 0.3) is 0 Å². The Kier molecular flexibility index (Phi) is 7.48. The van der Waals surface area contributed by atoms with Gasteiger partial charge in [-0.25, -0.2) is 0 Å². The first-order valence-corrected chi connectivity index (χ1v) is 8.13. The van der Waals surface area contributed by atoms with Crippen LogP contribution < -0.4 is 10.6 Å². The van der Waals surface area contributed by atoms with E-state index >= 15 is 0 Å². The molecule has 1 heterocycles. The minimum Gasteiger partial charge on any atom is -0.389 e. The molecule has 1 rings (SSSR count). The first-order valence-electron chi connectivity index (χ1n) is 8.13. The van der Waals surface area contributed by atoms with Crippen LogP contribution in [0.2, 0.25) is 0 Å². The van der Waals surface area contributed by atoms with Gasteiger partial charge in [-0.1, -0.05) is 26.8 Å². The van der Waals surface area contributed by atoms with Crippen LogP contribution in [-0.4, -0.2) is 24.3 Å². The molecule has 4 nitrogen and oxygen atoms in total. The quantitative estimate of drug-likeness (QED) is 0.723. The smallest absolute Gasteiger partial charge is 0.220 e. The SMILES string of the molecule is CC(=O)C(NC(=O)CCC(C)CC1=CCCCN1)C(C)C. The Morgan fingerprint density at radius 2 is 2.05 bits per heavy atom. The predicted octanol–water partition coefficient (Wildman–Crippen LogP) is 2.79. The molecule has 0 bridgehead atoms. The van der Waals surface area contributed by atoms with Crippen molar-refractivity contribution in [3.8, 4) is 0 Å². The third-order valence-electron chi connectivity index (χ3n) is 3.98. The molecular formula is C17H30N2O2. The van der Waals surface area contributed by atoms with Gasteiger partial charge in [-0.2, -0.15) is 0 Å². The second-order valence-corrected chi connectivity index (χ2v) is 6.55. The molecule has 120 valence electrons. The van der Waals surface area contributed by atoms with E-state index < -0.39 is 0 Å². The number of allylic oxidation sites excluding steroid dienone is 2. The Morgan fingerprint density at radius 3 is 2.57 bits per heavy atom. The molecule has 0 saturated heterocycles. The average molecular weight is 294 g/mol. The molecule has 0 spiro atoms. The van der Waals surface area contributed by atoms with Crippen molar-refractivity contribution in [1.29, 1.82) is 0 Å². The lowest BCUT2D eigenvalue weighted by molar-refractivity contribution is -0.128. The molecule has 2 unspecified atom stereocenters. The number of carbonyl (C=O) groups is 2. The van der Waals surface area contributed by atoms with Crippen LogP contribution >= 0.6 is 0 Å². The second-order valence-electron chi connectivity index (χ2n) is 6.55. The van der Waals surface area contributed by atoms with Gasteiger partial charge in [-0.15, -0.1) is 0 Å². The van der Waals surface area contributed by atoms with Gasteiger partial charge in [0.25, 0.3) is 0 Å². The van der Waals surface area contributed by atoms with E-state index in [9.17, 15) is 9.59 Å². The zero-order chi connectivity index (χ0) is 15.8. The number of amides is 1. The minimum atomic E-state index is -0.351. The highest BCUT2D eigenvalue weighted by molar-refractivity contribution is 5.87. The summed E-state index contributed by atoms with van der Waals surface area (Å²) in [5.41, 5.74) is 1.32. The maximum atomic E-state index is 12.0. The lowest BCUT2D eigenvalue weighted by Gasteiger charge is -2.21. The Bertz CT molecular complexity index is 388. The Hall–Kier alpha value is -1.32. The molecule has 0 radical (unpaired) electrons. The molecule has 2 N–H and O–H groups in total. The molecule has 1 amide bonds. The van der Waals surface area contributed by atoms with Gasteiger partial charge in [-0.05, 0) is 44.4 Å². The molecule has 21 heavy (non-hydrogen) atoms. The van der Waals surface area contributed by atoms with Crippen molar-refractivity contribution < 1.29 is 9.59 Å². The van der Waals surface area contributed by atoms with Crippen molar-refractivity contribution in [1.82, 2.24) is 10.6 Å². The summed E-state index contributed by atoms with van der Waals surface area (Å²) in [6.45, 7) is 8.68. The number of Topliss-reactive ketones (excluding diaryl/α,β-unsaturated/α-hetero) is 1. The molecular weight excluding hydrogens is 264 g/mol. The number of nitrogens with one attached hydrogen (secondary N) is 2. The minimum absolute atomic E-state index is 0.0127. The van der Waals surface area contributed by atoms with Crippen LogP contribution in [0, 0.1) is 11.8 Å². The highest BCUT2D eigenvalue weighted by Crippen LogP contribution is 2.17. The van der Waals surface area contributed by atoms with Gasteiger partial charge >= 0.3 is 0 Å². The number of carbonyl (C=O) groups excluding carboxylic acids is 2. The van der Waals surface area contributed by atoms with Crippen molar-refractivity contribution in [2.45, 2.75) is 65.8 Å². The third-order valence-corrected chi connectivity index (χ3v) is 3.98. The number of ketones is 1. The highest BCUT2D eigenvalue weighted by Gasteiger charge is 2.20. The maximum Gasteiger partial charge on any atom is 0.220 e. The van der Waals surface area contributed by atoms with Gasteiger partial charge in [0.05, 0.1) is 6.04 Å². The summed E-state index contributed by atoms with van der Waals surface area (Å²) < 4.78 is 0. The first kappa shape index (κ1) is 17.7. The summed E-state index contributed by atoms with van der Waals surface area (Å²) in [5, 5.41) is 6.27. The Morgan fingerprint density at radius 1 is 1.33 bits per heavy atom. The summed E-state index contributed by atoms with van der Waals surface area (Å²) in [6.07, 6.45) is 6.99. The van der Waals surface area contributed by atoms with E-state index in [-0.39, 0.29) is 23.7 Å². The molecule has 0 aromatic rings. The highest BCUT2D eigenvalue weighted by atomic mass is 16.2. The van der Waals surface area contributed by atoms with Crippen molar-refractivity contribution in [3.63, 3.8) is 0 Å². The molecule has 0 fully saturated rings. The van der Waals surface area contributed by atoms with Gasteiger partial charge < -0.3 is 10.6 Å². The molecule has 0 saturated carbocycles. The summed E-state index contributed by atoms with van der Waals surface area (Å²) in [5.74, 6) is 0.632. The van der Waals surface area contributed by atoms with Gasteiger partial charge in [0.2, 0.25) is 5.91 Å². The molecule has 0 aromatic carbocycles. The van der Waals surface area contributed by atoms with Crippen LogP contribution in [0.1, 0.15) is 59.8 Å². The fourth-order valence-corrected chi connectivity index (χ4v) is 2.69. The van der Waals surface area contributed by atoms with Crippen molar-refractivity contribution in [2.75, 3.05) is 6.54 Å². The topological polar surface area (TPSA) is 58.2 Å². The standard InChI is InChI=1S/C17H30N2O2/c1-12(2)17(14(4)20)19-16(21)9-8-13(3)11-15-7-5-6-10-18-15/h7,12-13,17-18H,5-6,8-11H2,1-4H3,(H,19,21). The second kappa shape index (κ2) is 8.85. The third kappa shape index (κ3) is 6.78. The number of rotatable bonds is 8. The van der Waals surface area contributed by atoms with E-state index in [4.69, 9.17) is 0 Å². The summed E-state index contributed by atoms with van der Waals surface area (Å²) in [7, 11) is 0. The van der Waals surface area contributed by atoms with Crippen LogP contribution in [0.3, 0.4) is 0 Å². The largest absolute Gasteiger partial charge is 0.389 e. The van der Waals surface area contributed by atoms with Crippen LogP contribution in [-0.2, 0) is 9.59 Å². The molecule has 2 atom stereocenters.